The number of carboxylic acid groups (broad SMARTS) is 1. The molecule has 1 N–H and O–H groups in total. The van der Waals surface area contributed by atoms with Crippen molar-refractivity contribution >= 4 is 18.0 Å². The number of rotatable bonds is 3. The summed E-state index contributed by atoms with van der Waals surface area (Å²) < 4.78 is 0. The van der Waals surface area contributed by atoms with E-state index < -0.39 is 5.97 Å². The van der Waals surface area contributed by atoms with Crippen LogP contribution in [-0.2, 0) is 4.79 Å². The molecule has 0 spiro atoms. The topological polar surface area (TPSA) is 57.6 Å². The fourth-order valence-corrected chi connectivity index (χ4v) is 2.54. The van der Waals surface area contributed by atoms with Crippen LogP contribution in [0.4, 0.5) is 0 Å². The fraction of sp³-hybridized carbons (Fsp3) is 0.375. The quantitative estimate of drug-likeness (QED) is 0.861. The molecule has 4 nitrogen and oxygen atoms in total. The summed E-state index contributed by atoms with van der Waals surface area (Å²) in [4.78, 5) is 24.8. The molecule has 20 heavy (non-hydrogen) atoms. The lowest BCUT2D eigenvalue weighted by molar-refractivity contribution is -0.131. The van der Waals surface area contributed by atoms with Crippen molar-refractivity contribution in [2.75, 3.05) is 6.54 Å². The number of carbonyl (C=O) groups excluding carboxylic acids is 1. The van der Waals surface area contributed by atoms with E-state index in [4.69, 9.17) is 5.11 Å². The van der Waals surface area contributed by atoms with Gasteiger partial charge in [0.1, 0.15) is 0 Å². The second kappa shape index (κ2) is 5.49. The summed E-state index contributed by atoms with van der Waals surface area (Å²) in [6.45, 7) is 4.97. The van der Waals surface area contributed by atoms with Gasteiger partial charge in [0.25, 0.3) is 5.91 Å². The van der Waals surface area contributed by atoms with Gasteiger partial charge in [-0.3, -0.25) is 4.79 Å². The number of carbonyl (C=O) groups is 2. The van der Waals surface area contributed by atoms with Crippen LogP contribution in [0.15, 0.2) is 30.3 Å². The molecule has 106 valence electrons. The molecule has 0 aliphatic carbocycles. The molecular weight excluding hydrogens is 254 g/mol. The van der Waals surface area contributed by atoms with E-state index >= 15 is 0 Å². The van der Waals surface area contributed by atoms with Crippen LogP contribution in [0.5, 0.6) is 0 Å². The van der Waals surface area contributed by atoms with Crippen LogP contribution >= 0.6 is 0 Å². The predicted molar refractivity (Wildman–Crippen MR) is 77.5 cm³/mol. The normalized spacial score (nSPS) is 17.6. The minimum atomic E-state index is -0.982. The number of amides is 1. The maximum Gasteiger partial charge on any atom is 0.328 e. The van der Waals surface area contributed by atoms with Gasteiger partial charge in [-0.25, -0.2) is 4.79 Å². The average molecular weight is 273 g/mol. The molecular formula is C16H19NO3. The molecule has 1 heterocycles. The smallest absolute Gasteiger partial charge is 0.328 e. The summed E-state index contributed by atoms with van der Waals surface area (Å²) in [6, 6.07) is 7.02. The van der Waals surface area contributed by atoms with Crippen LogP contribution in [0.25, 0.3) is 6.08 Å². The first-order chi connectivity index (χ1) is 9.40. The van der Waals surface area contributed by atoms with Gasteiger partial charge in [0, 0.05) is 23.7 Å². The monoisotopic (exact) mass is 273 g/mol. The zero-order chi connectivity index (χ0) is 14.8. The Morgan fingerprint density at radius 1 is 1.25 bits per heavy atom. The molecule has 0 radical (unpaired) electrons. The predicted octanol–water partition coefficient (Wildman–Crippen LogP) is 2.80. The van der Waals surface area contributed by atoms with Gasteiger partial charge in [-0.2, -0.15) is 0 Å². The van der Waals surface area contributed by atoms with Crippen LogP contribution in [0.3, 0.4) is 0 Å². The number of likely N-dealkylation sites (tertiary alicyclic amines) is 1. The minimum Gasteiger partial charge on any atom is -0.478 e. The van der Waals surface area contributed by atoms with E-state index in [-0.39, 0.29) is 11.4 Å². The molecule has 1 fully saturated rings. The largest absolute Gasteiger partial charge is 0.478 e. The summed E-state index contributed by atoms with van der Waals surface area (Å²) in [7, 11) is 0. The summed E-state index contributed by atoms with van der Waals surface area (Å²) in [6.07, 6.45) is 4.66. The SMILES string of the molecule is CC1(C)CCCN1C(=O)c1ccc(C=CC(=O)O)cc1. The van der Waals surface area contributed by atoms with E-state index in [9.17, 15) is 9.59 Å². The third-order valence-corrected chi connectivity index (χ3v) is 3.72. The molecule has 1 amide bonds. The van der Waals surface area contributed by atoms with Crippen LogP contribution in [0.1, 0.15) is 42.6 Å². The Morgan fingerprint density at radius 2 is 1.90 bits per heavy atom. The molecule has 1 aromatic carbocycles. The molecule has 0 saturated carbocycles. The Kier molecular flexibility index (Phi) is 3.93. The number of nitrogens with zero attached hydrogens (tertiary/aromatic N) is 1. The van der Waals surface area contributed by atoms with E-state index in [0.717, 1.165) is 31.0 Å². The zero-order valence-electron chi connectivity index (χ0n) is 11.8. The summed E-state index contributed by atoms with van der Waals surface area (Å²) in [5.74, 6) is -0.940. The van der Waals surface area contributed by atoms with Crippen LogP contribution in [-0.4, -0.2) is 34.0 Å². The second-order valence-corrected chi connectivity index (χ2v) is 5.67. The van der Waals surface area contributed by atoms with Crippen molar-refractivity contribution < 1.29 is 14.7 Å². The molecule has 0 aromatic heterocycles. The van der Waals surface area contributed by atoms with Crippen molar-refractivity contribution in [1.29, 1.82) is 0 Å². The van der Waals surface area contributed by atoms with Crippen LogP contribution in [0.2, 0.25) is 0 Å². The molecule has 0 atom stereocenters. The lowest BCUT2D eigenvalue weighted by atomic mass is 10.0. The van der Waals surface area contributed by atoms with Gasteiger partial charge in [0.05, 0.1) is 0 Å². The molecule has 1 aliphatic rings. The number of hydrogen-bond donors (Lipinski definition) is 1. The highest BCUT2D eigenvalue weighted by atomic mass is 16.4. The van der Waals surface area contributed by atoms with E-state index in [2.05, 4.69) is 13.8 Å². The molecule has 0 unspecified atom stereocenters. The van der Waals surface area contributed by atoms with E-state index in [0.29, 0.717) is 5.56 Å². The van der Waals surface area contributed by atoms with Crippen molar-refractivity contribution in [3.8, 4) is 0 Å². The van der Waals surface area contributed by atoms with Gasteiger partial charge in [0.2, 0.25) is 0 Å². The van der Waals surface area contributed by atoms with Gasteiger partial charge >= 0.3 is 5.97 Å². The Morgan fingerprint density at radius 3 is 2.40 bits per heavy atom. The minimum absolute atomic E-state index is 0.0428. The van der Waals surface area contributed by atoms with Crippen molar-refractivity contribution in [1.82, 2.24) is 4.90 Å². The first-order valence-corrected chi connectivity index (χ1v) is 6.73. The highest BCUT2D eigenvalue weighted by Gasteiger charge is 2.35. The first-order valence-electron chi connectivity index (χ1n) is 6.73. The fourth-order valence-electron chi connectivity index (χ4n) is 2.54. The summed E-state index contributed by atoms with van der Waals surface area (Å²) in [5.41, 5.74) is 1.33. The van der Waals surface area contributed by atoms with Crippen LogP contribution < -0.4 is 0 Å². The third-order valence-electron chi connectivity index (χ3n) is 3.72. The molecule has 0 bridgehead atoms. The van der Waals surface area contributed by atoms with Crippen molar-refractivity contribution in [2.45, 2.75) is 32.2 Å². The number of benzene rings is 1. The van der Waals surface area contributed by atoms with Crippen molar-refractivity contribution in [2.24, 2.45) is 0 Å². The highest BCUT2D eigenvalue weighted by Crippen LogP contribution is 2.29. The lowest BCUT2D eigenvalue weighted by Crippen LogP contribution is -2.42. The summed E-state index contributed by atoms with van der Waals surface area (Å²) in [5, 5.41) is 8.57. The zero-order valence-corrected chi connectivity index (χ0v) is 11.8. The molecule has 1 aromatic rings. The maximum absolute atomic E-state index is 12.5. The van der Waals surface area contributed by atoms with Gasteiger partial charge in [-0.1, -0.05) is 12.1 Å². The van der Waals surface area contributed by atoms with Crippen molar-refractivity contribution in [3.63, 3.8) is 0 Å². The molecule has 1 aliphatic heterocycles. The third kappa shape index (κ3) is 3.07. The van der Waals surface area contributed by atoms with Gasteiger partial charge < -0.3 is 10.0 Å². The van der Waals surface area contributed by atoms with E-state index in [1.165, 1.54) is 6.08 Å². The lowest BCUT2D eigenvalue weighted by Gasteiger charge is -2.31. The highest BCUT2D eigenvalue weighted by molar-refractivity contribution is 5.95. The Bertz CT molecular complexity index is 543. The van der Waals surface area contributed by atoms with E-state index in [1.54, 1.807) is 24.3 Å². The first kappa shape index (κ1) is 14.3. The van der Waals surface area contributed by atoms with Gasteiger partial charge in [-0.15, -0.1) is 0 Å². The van der Waals surface area contributed by atoms with Crippen molar-refractivity contribution in [3.05, 3.63) is 41.5 Å². The standard InChI is InChI=1S/C16H19NO3/c1-16(2)10-3-11-17(16)15(20)13-7-4-12(5-8-13)6-9-14(18)19/h4-9H,3,10-11H2,1-2H3,(H,18,19). The molecule has 4 heteroatoms. The summed E-state index contributed by atoms with van der Waals surface area (Å²) >= 11 is 0. The maximum atomic E-state index is 12.5. The number of carboxylic acids is 1. The Hall–Kier alpha value is -2.10. The Balaban J connectivity index is 2.14. The Labute approximate surface area is 118 Å². The molecule has 2 rings (SSSR count). The van der Waals surface area contributed by atoms with Crippen LogP contribution in [0, 0.1) is 0 Å². The average Bonchev–Trinajstić information content (AvgIpc) is 2.76. The van der Waals surface area contributed by atoms with Gasteiger partial charge in [0.15, 0.2) is 0 Å². The molecule has 1 saturated heterocycles. The van der Waals surface area contributed by atoms with Gasteiger partial charge in [-0.05, 0) is 50.5 Å². The van der Waals surface area contributed by atoms with E-state index in [1.807, 2.05) is 4.90 Å². The number of hydrogen-bond acceptors (Lipinski definition) is 2. The number of aliphatic carboxylic acids is 1. The second-order valence-electron chi connectivity index (χ2n) is 5.67.